The van der Waals surface area contributed by atoms with Gasteiger partial charge in [0.1, 0.15) is 5.82 Å². The van der Waals surface area contributed by atoms with Gasteiger partial charge in [0, 0.05) is 50.9 Å². The van der Waals surface area contributed by atoms with Crippen LogP contribution in [0, 0.1) is 11.7 Å². The molecule has 1 aromatic rings. The monoisotopic (exact) mass is 443 g/mol. The van der Waals surface area contributed by atoms with Crippen molar-refractivity contribution in [2.75, 3.05) is 39.8 Å². The molecule has 1 aromatic carbocycles. The third-order valence-corrected chi connectivity index (χ3v) is 7.80. The Kier molecular flexibility index (Phi) is 8.80. The lowest BCUT2D eigenvalue weighted by molar-refractivity contribution is 0.119. The second-order valence-corrected chi connectivity index (χ2v) is 10.0. The van der Waals surface area contributed by atoms with Gasteiger partial charge in [-0.3, -0.25) is 9.89 Å². The van der Waals surface area contributed by atoms with Crippen LogP contribution < -0.4 is 10.6 Å². The molecule has 178 valence electrons. The van der Waals surface area contributed by atoms with Crippen molar-refractivity contribution in [1.29, 1.82) is 0 Å². The minimum absolute atomic E-state index is 0.0873. The highest BCUT2D eigenvalue weighted by Gasteiger charge is 2.27. The van der Waals surface area contributed by atoms with Crippen LogP contribution in [0.15, 0.2) is 29.3 Å². The topological polar surface area (TPSA) is 42.9 Å². The van der Waals surface area contributed by atoms with E-state index >= 15 is 0 Å². The van der Waals surface area contributed by atoms with E-state index in [1.54, 1.807) is 12.1 Å². The van der Waals surface area contributed by atoms with Crippen molar-refractivity contribution in [3.63, 3.8) is 0 Å². The number of benzene rings is 1. The summed E-state index contributed by atoms with van der Waals surface area (Å²) in [5.74, 6) is 1.52. The van der Waals surface area contributed by atoms with E-state index in [9.17, 15) is 4.39 Å². The molecular formula is C26H42FN5. The maximum Gasteiger partial charge on any atom is 0.191 e. The molecule has 1 saturated carbocycles. The summed E-state index contributed by atoms with van der Waals surface area (Å²) in [6, 6.07) is 8.52. The average molecular weight is 444 g/mol. The molecule has 2 saturated heterocycles. The van der Waals surface area contributed by atoms with E-state index in [1.165, 1.54) is 58.0 Å². The SMILES string of the molecule is CN=C(NCC1CCN(Cc2ccccc2F)CC1)NC1CCN(C2CCCCC2)CC1. The maximum absolute atomic E-state index is 13.9. The predicted molar refractivity (Wildman–Crippen MR) is 130 cm³/mol. The number of halogens is 1. The second kappa shape index (κ2) is 12.0. The van der Waals surface area contributed by atoms with Crippen molar-refractivity contribution < 1.29 is 4.39 Å². The molecule has 1 aliphatic carbocycles. The first-order valence-corrected chi connectivity index (χ1v) is 12.9. The number of piperidine rings is 2. The van der Waals surface area contributed by atoms with Gasteiger partial charge in [0.2, 0.25) is 0 Å². The fourth-order valence-corrected chi connectivity index (χ4v) is 5.70. The fraction of sp³-hybridized carbons (Fsp3) is 0.731. The number of rotatable bonds is 6. The largest absolute Gasteiger partial charge is 0.356 e. The summed E-state index contributed by atoms with van der Waals surface area (Å²) >= 11 is 0. The molecule has 0 aromatic heterocycles. The van der Waals surface area contributed by atoms with Crippen LogP contribution in [0.4, 0.5) is 4.39 Å². The first-order chi connectivity index (χ1) is 15.7. The number of likely N-dealkylation sites (tertiary alicyclic amines) is 2. The van der Waals surface area contributed by atoms with Gasteiger partial charge in [-0.2, -0.15) is 0 Å². The quantitative estimate of drug-likeness (QED) is 0.515. The molecule has 32 heavy (non-hydrogen) atoms. The molecule has 0 bridgehead atoms. The summed E-state index contributed by atoms with van der Waals surface area (Å²) in [5, 5.41) is 7.26. The summed E-state index contributed by atoms with van der Waals surface area (Å²) in [4.78, 5) is 9.60. The van der Waals surface area contributed by atoms with E-state index in [1.807, 2.05) is 19.2 Å². The Hall–Kier alpha value is -1.66. The number of nitrogens with zero attached hydrogens (tertiary/aromatic N) is 3. The van der Waals surface area contributed by atoms with E-state index in [2.05, 4.69) is 25.4 Å². The second-order valence-electron chi connectivity index (χ2n) is 10.0. The van der Waals surface area contributed by atoms with Gasteiger partial charge in [0.15, 0.2) is 5.96 Å². The van der Waals surface area contributed by atoms with Crippen LogP contribution in [-0.4, -0.2) is 67.6 Å². The molecule has 2 aliphatic heterocycles. The molecule has 2 N–H and O–H groups in total. The molecule has 0 radical (unpaired) electrons. The Balaban J connectivity index is 1.13. The van der Waals surface area contributed by atoms with Gasteiger partial charge < -0.3 is 15.5 Å². The molecule has 3 fully saturated rings. The molecule has 0 unspecified atom stereocenters. The number of guanidine groups is 1. The van der Waals surface area contributed by atoms with Crippen LogP contribution in [0.25, 0.3) is 0 Å². The van der Waals surface area contributed by atoms with Crippen molar-refractivity contribution in [1.82, 2.24) is 20.4 Å². The third kappa shape index (κ3) is 6.67. The molecule has 4 rings (SSSR count). The summed E-state index contributed by atoms with van der Waals surface area (Å²) in [7, 11) is 1.88. The van der Waals surface area contributed by atoms with Crippen molar-refractivity contribution >= 4 is 5.96 Å². The normalized spacial score (nSPS) is 23.4. The lowest BCUT2D eigenvalue weighted by Gasteiger charge is -2.39. The van der Waals surface area contributed by atoms with Crippen molar-refractivity contribution in [2.24, 2.45) is 10.9 Å². The molecule has 3 aliphatic rings. The summed E-state index contributed by atoms with van der Waals surface area (Å²) in [6.45, 7) is 6.20. The molecule has 0 spiro atoms. The first-order valence-electron chi connectivity index (χ1n) is 12.9. The predicted octanol–water partition coefficient (Wildman–Crippen LogP) is 4.00. The number of hydrogen-bond acceptors (Lipinski definition) is 3. The molecule has 2 heterocycles. The molecular weight excluding hydrogens is 401 g/mol. The number of aliphatic imine (C=N–C) groups is 1. The zero-order valence-electron chi connectivity index (χ0n) is 19.9. The highest BCUT2D eigenvalue weighted by atomic mass is 19.1. The van der Waals surface area contributed by atoms with Gasteiger partial charge in [-0.15, -0.1) is 0 Å². The Morgan fingerprint density at radius 3 is 2.38 bits per heavy atom. The van der Waals surface area contributed by atoms with Crippen LogP contribution in [0.5, 0.6) is 0 Å². The van der Waals surface area contributed by atoms with E-state index in [-0.39, 0.29) is 5.82 Å². The van der Waals surface area contributed by atoms with Crippen molar-refractivity contribution in [3.8, 4) is 0 Å². The summed E-state index contributed by atoms with van der Waals surface area (Å²) < 4.78 is 13.9. The fourth-order valence-electron chi connectivity index (χ4n) is 5.70. The minimum Gasteiger partial charge on any atom is -0.356 e. The lowest BCUT2D eigenvalue weighted by atomic mass is 9.92. The number of hydrogen-bond donors (Lipinski definition) is 2. The van der Waals surface area contributed by atoms with Crippen LogP contribution >= 0.6 is 0 Å². The lowest BCUT2D eigenvalue weighted by Crippen LogP contribution is -2.51. The highest BCUT2D eigenvalue weighted by Crippen LogP contribution is 2.25. The minimum atomic E-state index is -0.0873. The maximum atomic E-state index is 13.9. The zero-order valence-corrected chi connectivity index (χ0v) is 19.9. The molecule has 5 nitrogen and oxygen atoms in total. The van der Waals surface area contributed by atoms with Crippen LogP contribution in [0.3, 0.4) is 0 Å². The van der Waals surface area contributed by atoms with E-state index in [0.29, 0.717) is 12.0 Å². The van der Waals surface area contributed by atoms with Crippen LogP contribution in [0.1, 0.15) is 63.4 Å². The Labute approximate surface area is 193 Å². The number of nitrogens with one attached hydrogen (secondary N) is 2. The van der Waals surface area contributed by atoms with Gasteiger partial charge >= 0.3 is 0 Å². The molecule has 0 amide bonds. The van der Waals surface area contributed by atoms with Gasteiger partial charge in [0.05, 0.1) is 0 Å². The van der Waals surface area contributed by atoms with E-state index < -0.39 is 0 Å². The first kappa shape index (κ1) is 23.5. The van der Waals surface area contributed by atoms with Crippen molar-refractivity contribution in [2.45, 2.75) is 76.4 Å². The third-order valence-electron chi connectivity index (χ3n) is 7.80. The Morgan fingerprint density at radius 1 is 0.969 bits per heavy atom. The van der Waals surface area contributed by atoms with E-state index in [0.717, 1.165) is 56.6 Å². The van der Waals surface area contributed by atoms with Crippen LogP contribution in [-0.2, 0) is 6.54 Å². The average Bonchev–Trinajstić information content (AvgIpc) is 2.85. The summed E-state index contributed by atoms with van der Waals surface area (Å²) in [6.07, 6.45) is 11.8. The van der Waals surface area contributed by atoms with Crippen LogP contribution in [0.2, 0.25) is 0 Å². The van der Waals surface area contributed by atoms with Gasteiger partial charge in [-0.25, -0.2) is 4.39 Å². The Bertz CT molecular complexity index is 717. The Morgan fingerprint density at radius 2 is 1.69 bits per heavy atom. The molecule has 6 heteroatoms. The zero-order chi connectivity index (χ0) is 22.2. The molecule has 0 atom stereocenters. The van der Waals surface area contributed by atoms with Gasteiger partial charge in [0.25, 0.3) is 0 Å². The van der Waals surface area contributed by atoms with Gasteiger partial charge in [-0.1, -0.05) is 37.5 Å². The standard InChI is InChI=1S/C26H42FN5/c1-28-26(30-23-13-17-32(18-14-23)24-8-3-2-4-9-24)29-19-21-11-15-31(16-12-21)20-22-7-5-6-10-25(22)27/h5-7,10,21,23-24H,2-4,8-9,11-20H2,1H3,(H2,28,29,30). The van der Waals surface area contributed by atoms with E-state index in [4.69, 9.17) is 0 Å². The summed E-state index contributed by atoms with van der Waals surface area (Å²) in [5.41, 5.74) is 0.809. The van der Waals surface area contributed by atoms with Gasteiger partial charge in [-0.05, 0) is 63.6 Å². The van der Waals surface area contributed by atoms with Crippen molar-refractivity contribution in [3.05, 3.63) is 35.6 Å². The highest BCUT2D eigenvalue weighted by molar-refractivity contribution is 5.79. The smallest absolute Gasteiger partial charge is 0.191 e.